The Morgan fingerprint density at radius 2 is 1.49 bits per heavy atom. The first-order valence-electron chi connectivity index (χ1n) is 22.4. The van der Waals surface area contributed by atoms with Gasteiger partial charge in [0.15, 0.2) is 0 Å². The number of amides is 4. The number of nitrogens with one attached hydrogen (secondary N) is 4. The number of fused-ring (bicyclic) bond motifs is 1. The molecule has 3 aromatic rings. The molecule has 2 aliphatic heterocycles. The number of carbonyl (C=O) groups excluding carboxylic acids is 3. The fourth-order valence-electron chi connectivity index (χ4n) is 8.22. The Kier molecular flexibility index (Phi) is 20.5. The molecule has 0 aromatic heterocycles. The van der Waals surface area contributed by atoms with Gasteiger partial charge in [0.1, 0.15) is 17.4 Å². The van der Waals surface area contributed by atoms with Crippen molar-refractivity contribution in [1.29, 1.82) is 5.26 Å². The van der Waals surface area contributed by atoms with Crippen LogP contribution in [0.15, 0.2) is 84.9 Å². The van der Waals surface area contributed by atoms with Crippen molar-refractivity contribution in [3.05, 3.63) is 102 Å². The maximum absolute atomic E-state index is 14.1. The lowest BCUT2D eigenvalue weighted by atomic mass is 9.80. The molecule has 5 rings (SSSR count). The second-order valence-electron chi connectivity index (χ2n) is 16.5. The van der Waals surface area contributed by atoms with E-state index in [1.54, 1.807) is 7.11 Å². The van der Waals surface area contributed by atoms with Crippen LogP contribution in [0.5, 0.6) is 5.75 Å². The van der Waals surface area contributed by atoms with Crippen LogP contribution in [-0.2, 0) is 29.0 Å². The van der Waals surface area contributed by atoms with Crippen LogP contribution in [0, 0.1) is 11.3 Å². The summed E-state index contributed by atoms with van der Waals surface area (Å²) in [6.07, 6.45) is 6.35. The predicted octanol–water partition coefficient (Wildman–Crippen LogP) is 8.18. The van der Waals surface area contributed by atoms with Gasteiger partial charge in [-0.3, -0.25) is 9.59 Å². The van der Waals surface area contributed by atoms with Crippen molar-refractivity contribution >= 4 is 38.1 Å². The third-order valence-corrected chi connectivity index (χ3v) is 14.9. The van der Waals surface area contributed by atoms with E-state index in [9.17, 15) is 14.4 Å². The molecular formula is C48H67N6O7PS. The maximum atomic E-state index is 14.1. The molecule has 13 nitrogen and oxygen atoms in total. The highest BCUT2D eigenvalue weighted by Gasteiger charge is 2.43. The summed E-state index contributed by atoms with van der Waals surface area (Å²) in [7, 11) is 0.349. The van der Waals surface area contributed by atoms with E-state index in [-0.39, 0.29) is 55.0 Å². The van der Waals surface area contributed by atoms with Crippen LogP contribution in [0.25, 0.3) is 0 Å². The van der Waals surface area contributed by atoms with Crippen LogP contribution in [0.1, 0.15) is 102 Å². The fourth-order valence-corrected chi connectivity index (χ4v) is 11.4. The van der Waals surface area contributed by atoms with Crippen molar-refractivity contribution in [2.24, 2.45) is 0 Å². The number of urea groups is 1. The van der Waals surface area contributed by atoms with Crippen LogP contribution in [0.3, 0.4) is 0 Å². The number of nitrogens with zero attached hydrogens (tertiary/aromatic N) is 2. The molecule has 5 unspecified atom stereocenters. The van der Waals surface area contributed by atoms with Crippen LogP contribution in [-0.4, -0.2) is 97.2 Å². The minimum absolute atomic E-state index is 0.0948. The smallest absolute Gasteiger partial charge is 0.315 e. The molecule has 0 saturated carbocycles. The molecule has 15 heteroatoms. The molecule has 2 heterocycles. The highest BCUT2D eigenvalue weighted by molar-refractivity contribution is 8.00. The molecule has 2 saturated heterocycles. The van der Waals surface area contributed by atoms with Crippen molar-refractivity contribution in [1.82, 2.24) is 25.9 Å². The second-order valence-corrected chi connectivity index (χ2v) is 19.3. The summed E-state index contributed by atoms with van der Waals surface area (Å²) in [5, 5.41) is 21.5. The van der Waals surface area contributed by atoms with Gasteiger partial charge in [-0.2, -0.15) is 17.0 Å². The Hall–Kier alpha value is -4.22. The van der Waals surface area contributed by atoms with Gasteiger partial charge in [-0.15, -0.1) is 0 Å². The van der Waals surface area contributed by atoms with E-state index >= 15 is 0 Å². The first kappa shape index (κ1) is 49.8. The number of methoxy groups -OCH3 is 1. The SMILES string of the molecule is COc1ccc(C(OCC(NC(=O)CCCCC2SCC3NC(=O)NC32)C(=O)NCCCCCCOP(OCCC#N)N(C(C)C)C(C)C)(c2ccccc2)c2ccccc2)cc1. The molecule has 3 aromatic carbocycles. The van der Waals surface area contributed by atoms with Crippen LogP contribution in [0.2, 0.25) is 0 Å². The summed E-state index contributed by atoms with van der Waals surface area (Å²) in [6.45, 7) is 9.71. The Morgan fingerprint density at radius 1 is 0.857 bits per heavy atom. The van der Waals surface area contributed by atoms with Crippen LogP contribution >= 0.6 is 20.3 Å². The van der Waals surface area contributed by atoms with E-state index in [1.807, 2.05) is 96.7 Å². The average molecular weight is 903 g/mol. The Labute approximate surface area is 380 Å². The molecule has 0 bridgehead atoms. The summed E-state index contributed by atoms with van der Waals surface area (Å²) >= 11 is 1.86. The van der Waals surface area contributed by atoms with Gasteiger partial charge in [0.2, 0.25) is 11.8 Å². The van der Waals surface area contributed by atoms with Gasteiger partial charge in [-0.25, -0.2) is 9.46 Å². The fraction of sp³-hybridized carbons (Fsp3) is 0.542. The van der Waals surface area contributed by atoms with Gasteiger partial charge in [0.05, 0.1) is 51.5 Å². The number of ether oxygens (including phenoxy) is 2. The van der Waals surface area contributed by atoms with Gasteiger partial charge in [-0.05, 0) is 82.2 Å². The molecule has 5 atom stereocenters. The Balaban J connectivity index is 1.23. The molecule has 2 aliphatic rings. The van der Waals surface area contributed by atoms with Crippen LogP contribution < -0.4 is 26.0 Å². The zero-order valence-corrected chi connectivity index (χ0v) is 39.3. The Morgan fingerprint density at radius 3 is 2.13 bits per heavy atom. The topological polar surface area (TPSA) is 163 Å². The summed E-state index contributed by atoms with van der Waals surface area (Å²) in [6, 6.07) is 29.4. The number of hydrogen-bond donors (Lipinski definition) is 4. The van der Waals surface area contributed by atoms with E-state index in [0.29, 0.717) is 43.6 Å². The number of nitriles is 1. The average Bonchev–Trinajstić information content (AvgIpc) is 3.85. The Bertz CT molecular complexity index is 1840. The number of rotatable bonds is 28. The highest BCUT2D eigenvalue weighted by Crippen LogP contribution is 2.46. The minimum atomic E-state index is -1.28. The normalized spacial score (nSPS) is 18.1. The number of hydrogen-bond acceptors (Lipinski definition) is 10. The van der Waals surface area contributed by atoms with Crippen molar-refractivity contribution in [2.45, 2.75) is 127 Å². The molecule has 0 aliphatic carbocycles. The van der Waals surface area contributed by atoms with Gasteiger partial charge < -0.3 is 39.8 Å². The molecule has 0 spiro atoms. The number of thioether (sulfide) groups is 1. The first-order valence-corrected chi connectivity index (χ1v) is 24.6. The molecule has 4 N–H and O–H groups in total. The largest absolute Gasteiger partial charge is 0.497 e. The molecule has 63 heavy (non-hydrogen) atoms. The van der Waals surface area contributed by atoms with Crippen molar-refractivity contribution < 1.29 is 32.9 Å². The van der Waals surface area contributed by atoms with E-state index in [0.717, 1.165) is 61.0 Å². The molecular weight excluding hydrogens is 836 g/mol. The van der Waals surface area contributed by atoms with E-state index in [4.69, 9.17) is 23.8 Å². The second kappa shape index (κ2) is 25.9. The third-order valence-electron chi connectivity index (χ3n) is 11.3. The summed E-state index contributed by atoms with van der Waals surface area (Å²) < 4.78 is 27.0. The zero-order chi connectivity index (χ0) is 45.0. The van der Waals surface area contributed by atoms with Crippen LogP contribution in [0.4, 0.5) is 4.79 Å². The number of benzene rings is 3. The lowest BCUT2D eigenvalue weighted by Crippen LogP contribution is -2.51. The van der Waals surface area contributed by atoms with E-state index in [1.165, 1.54) is 0 Å². The first-order chi connectivity index (χ1) is 30.6. The standard InChI is InChI=1S/C48H67N6O7PS/c1-35(2)54(36(3)4)62(61-32-18-29-49)60-31-17-7-6-16-30-50-46(56)41(51-44(55)24-15-14-23-43-45-42(34-63-43)52-47(57)53-45)33-59-48(37-19-10-8-11-20-37,38-21-12-9-13-22-38)39-25-27-40(58-5)28-26-39/h8-13,19-22,25-28,35-36,41-43,45H,6-7,14-18,23-24,30-34H2,1-5H3,(H,50,56)(H,51,55)(H2,52,53,57). The summed E-state index contributed by atoms with van der Waals surface area (Å²) in [5.74, 6) is 1.07. The molecule has 0 radical (unpaired) electrons. The van der Waals surface area contributed by atoms with Crippen molar-refractivity contribution in [3.8, 4) is 11.8 Å². The number of carbonyl (C=O) groups is 3. The minimum Gasteiger partial charge on any atom is -0.497 e. The van der Waals surface area contributed by atoms with Gasteiger partial charge in [0.25, 0.3) is 8.53 Å². The number of unbranched alkanes of at least 4 members (excludes halogenated alkanes) is 4. The molecule has 2 fully saturated rings. The lowest BCUT2D eigenvalue weighted by molar-refractivity contribution is -0.132. The zero-order valence-electron chi connectivity index (χ0n) is 37.6. The quantitative estimate of drug-likeness (QED) is 0.0242. The molecule has 342 valence electrons. The van der Waals surface area contributed by atoms with Gasteiger partial charge in [0, 0.05) is 36.1 Å². The predicted molar refractivity (Wildman–Crippen MR) is 250 cm³/mol. The van der Waals surface area contributed by atoms with Crippen molar-refractivity contribution in [2.75, 3.05) is 39.2 Å². The third kappa shape index (κ3) is 14.4. The summed E-state index contributed by atoms with van der Waals surface area (Å²) in [5.41, 5.74) is 1.47. The molecule has 4 amide bonds. The van der Waals surface area contributed by atoms with E-state index < -0.39 is 20.2 Å². The van der Waals surface area contributed by atoms with Crippen molar-refractivity contribution in [3.63, 3.8) is 0 Å². The van der Waals surface area contributed by atoms with E-state index in [2.05, 4.69) is 59.7 Å². The monoisotopic (exact) mass is 902 g/mol. The van der Waals surface area contributed by atoms with Gasteiger partial charge in [-0.1, -0.05) is 92.1 Å². The highest BCUT2D eigenvalue weighted by atomic mass is 32.2. The maximum Gasteiger partial charge on any atom is 0.315 e. The summed E-state index contributed by atoms with van der Waals surface area (Å²) in [4.78, 5) is 39.6. The lowest BCUT2D eigenvalue weighted by Gasteiger charge is -2.37. The van der Waals surface area contributed by atoms with Gasteiger partial charge >= 0.3 is 6.03 Å².